The van der Waals surface area contributed by atoms with Gasteiger partial charge in [0, 0.05) is 6.04 Å². The van der Waals surface area contributed by atoms with Crippen molar-refractivity contribution in [2.45, 2.75) is 37.8 Å². The molecule has 2 heteroatoms. The molecule has 4 unspecified atom stereocenters. The summed E-state index contributed by atoms with van der Waals surface area (Å²) in [6.45, 7) is 0. The Hall–Kier alpha value is -0.0800. The lowest BCUT2D eigenvalue weighted by molar-refractivity contribution is 0.184. The Balaban J connectivity index is 1.99. The molecule has 0 aromatic carbocycles. The molecule has 0 amide bonds. The second kappa shape index (κ2) is 1.56. The maximum atomic E-state index is 11.3. The van der Waals surface area contributed by atoms with E-state index in [4.69, 9.17) is 0 Å². The van der Waals surface area contributed by atoms with E-state index in [1.165, 1.54) is 30.7 Å². The fraction of sp³-hybridized carbons (Fsp3) is 1.00. The smallest absolute Gasteiger partial charge is 0.000799 e. The fourth-order valence-corrected chi connectivity index (χ4v) is 3.28. The quantitative estimate of drug-likeness (QED) is 0.505. The summed E-state index contributed by atoms with van der Waals surface area (Å²) in [5.74, 6) is 1.72. The van der Waals surface area contributed by atoms with Crippen LogP contribution in [0.3, 0.4) is 0 Å². The van der Waals surface area contributed by atoms with Crippen LogP contribution in [0.2, 0.25) is 0 Å². The van der Waals surface area contributed by atoms with Gasteiger partial charge >= 0.3 is 0 Å². The molecule has 0 aromatic heterocycles. The monoisotopic (exact) mass is 138 g/mol. The molecule has 0 spiro atoms. The Bertz CT molecular complexity index is 165. The van der Waals surface area contributed by atoms with Crippen molar-refractivity contribution in [2.75, 3.05) is 0 Å². The Kier molecular flexibility index (Phi) is 0.868. The number of nitrogens with zero attached hydrogens (tertiary/aromatic N) is 1. The summed E-state index contributed by atoms with van der Waals surface area (Å²) in [6.07, 6.45) is 4.99. The van der Waals surface area contributed by atoms with Gasteiger partial charge in [-0.3, -0.25) is 0 Å². The van der Waals surface area contributed by atoms with Crippen LogP contribution in [-0.4, -0.2) is 17.1 Å². The van der Waals surface area contributed by atoms with Crippen LogP contribution in [-0.2, 0) is 0 Å². The van der Waals surface area contributed by atoms with E-state index in [1.807, 2.05) is 0 Å². The van der Waals surface area contributed by atoms with Crippen molar-refractivity contribution >= 4 is 0 Å². The van der Waals surface area contributed by atoms with Crippen molar-refractivity contribution in [3.63, 3.8) is 0 Å². The van der Waals surface area contributed by atoms with Crippen molar-refractivity contribution in [1.82, 2.24) is 5.06 Å². The summed E-state index contributed by atoms with van der Waals surface area (Å²) < 4.78 is 0. The Morgan fingerprint density at radius 1 is 1.10 bits per heavy atom. The fourth-order valence-electron chi connectivity index (χ4n) is 3.28. The zero-order chi connectivity index (χ0) is 6.72. The lowest BCUT2D eigenvalue weighted by Crippen LogP contribution is -2.35. The number of piperidine rings is 1. The van der Waals surface area contributed by atoms with Crippen LogP contribution in [0.25, 0.3) is 0 Å². The summed E-state index contributed by atoms with van der Waals surface area (Å²) in [6, 6.07) is 0.881. The van der Waals surface area contributed by atoms with Crippen molar-refractivity contribution in [3.8, 4) is 0 Å². The molecule has 2 aliphatic carbocycles. The first-order valence-electron chi connectivity index (χ1n) is 4.30. The van der Waals surface area contributed by atoms with Crippen molar-refractivity contribution in [3.05, 3.63) is 5.21 Å². The van der Waals surface area contributed by atoms with E-state index in [0.717, 1.165) is 11.8 Å². The summed E-state index contributed by atoms with van der Waals surface area (Å²) in [7, 11) is 0. The number of rotatable bonds is 0. The summed E-state index contributed by atoms with van der Waals surface area (Å²) in [5, 5.41) is 12.7. The molecule has 0 aromatic rings. The highest BCUT2D eigenvalue weighted by Crippen LogP contribution is 2.52. The van der Waals surface area contributed by atoms with Gasteiger partial charge in [-0.05, 0) is 43.6 Å². The molecule has 2 heterocycles. The summed E-state index contributed by atoms with van der Waals surface area (Å²) in [5.41, 5.74) is 0. The molecule has 2 saturated heterocycles. The zero-order valence-electron chi connectivity index (χ0n) is 5.99. The van der Waals surface area contributed by atoms with E-state index in [-0.39, 0.29) is 0 Å². The first-order chi connectivity index (χ1) is 4.84. The lowest BCUT2D eigenvalue weighted by Gasteiger charge is -2.40. The van der Waals surface area contributed by atoms with Crippen LogP contribution in [0.5, 0.6) is 0 Å². The minimum Gasteiger partial charge on any atom is -0.785 e. The highest BCUT2D eigenvalue weighted by Gasteiger charge is 2.48. The third kappa shape index (κ3) is 0.487. The largest absolute Gasteiger partial charge is 0.785 e. The second-order valence-electron chi connectivity index (χ2n) is 4.15. The third-order valence-electron chi connectivity index (χ3n) is 3.62. The summed E-state index contributed by atoms with van der Waals surface area (Å²) >= 11 is 0. The predicted molar refractivity (Wildman–Crippen MR) is 38.2 cm³/mol. The van der Waals surface area contributed by atoms with Crippen LogP contribution in [0.1, 0.15) is 25.7 Å². The minimum absolute atomic E-state index is 0.433. The molecule has 0 N–H and O–H groups in total. The first kappa shape index (κ1) is 5.56. The van der Waals surface area contributed by atoms with Gasteiger partial charge in [0.1, 0.15) is 0 Å². The normalized spacial score (nSPS) is 58.5. The van der Waals surface area contributed by atoms with E-state index in [2.05, 4.69) is 0 Å². The average Bonchev–Trinajstić information content (AvgIpc) is 2.31. The molecule has 56 valence electrons. The molecule has 4 bridgehead atoms. The molecule has 0 radical (unpaired) electrons. The average molecular weight is 138 g/mol. The minimum atomic E-state index is 0.433. The Morgan fingerprint density at radius 3 is 2.70 bits per heavy atom. The van der Waals surface area contributed by atoms with Crippen molar-refractivity contribution in [1.29, 1.82) is 0 Å². The molecule has 2 aliphatic heterocycles. The van der Waals surface area contributed by atoms with Crippen molar-refractivity contribution < 1.29 is 0 Å². The lowest BCUT2D eigenvalue weighted by atomic mass is 9.87. The molecular formula is C8H12NO-. The highest BCUT2D eigenvalue weighted by atomic mass is 16.5. The molecule has 4 rings (SSSR count). The number of hydrogen-bond donors (Lipinski definition) is 0. The van der Waals surface area contributed by atoms with E-state index in [1.54, 1.807) is 0 Å². The topological polar surface area (TPSA) is 26.3 Å². The highest BCUT2D eigenvalue weighted by molar-refractivity contribution is 5.06. The standard InChI is InChI=1S/C8H12NO/c10-9-7-2-5-1-6(4-7)8(9)3-5/h5-8H,1-4H2/q-1. The molecule has 2 saturated carbocycles. The van der Waals surface area contributed by atoms with Gasteiger partial charge < -0.3 is 10.3 Å². The predicted octanol–water partition coefficient (Wildman–Crippen LogP) is 1.36. The molecular weight excluding hydrogens is 126 g/mol. The van der Waals surface area contributed by atoms with E-state index >= 15 is 0 Å². The maximum Gasteiger partial charge on any atom is 0.000799 e. The van der Waals surface area contributed by atoms with Gasteiger partial charge in [-0.15, -0.1) is 0 Å². The van der Waals surface area contributed by atoms with Gasteiger partial charge in [0.2, 0.25) is 0 Å². The van der Waals surface area contributed by atoms with Crippen LogP contribution >= 0.6 is 0 Å². The van der Waals surface area contributed by atoms with E-state index in [0.29, 0.717) is 12.1 Å². The molecule has 4 fully saturated rings. The van der Waals surface area contributed by atoms with Crippen LogP contribution in [0, 0.1) is 17.0 Å². The first-order valence-corrected chi connectivity index (χ1v) is 4.30. The SMILES string of the molecule is [O-]N1C2CC3CC(C2)C1C3. The third-order valence-corrected chi connectivity index (χ3v) is 3.62. The summed E-state index contributed by atoms with van der Waals surface area (Å²) in [4.78, 5) is 0. The van der Waals surface area contributed by atoms with E-state index < -0.39 is 0 Å². The van der Waals surface area contributed by atoms with Crippen LogP contribution in [0.4, 0.5) is 0 Å². The van der Waals surface area contributed by atoms with Gasteiger partial charge in [-0.25, -0.2) is 0 Å². The van der Waals surface area contributed by atoms with Gasteiger partial charge in [-0.2, -0.15) is 0 Å². The Morgan fingerprint density at radius 2 is 2.00 bits per heavy atom. The molecule has 2 nitrogen and oxygen atoms in total. The molecule has 10 heavy (non-hydrogen) atoms. The molecule has 4 aliphatic rings. The van der Waals surface area contributed by atoms with Gasteiger partial charge in [-0.1, -0.05) is 0 Å². The van der Waals surface area contributed by atoms with Crippen LogP contribution < -0.4 is 0 Å². The van der Waals surface area contributed by atoms with Crippen molar-refractivity contribution in [2.24, 2.45) is 11.8 Å². The van der Waals surface area contributed by atoms with Gasteiger partial charge in [0.05, 0.1) is 0 Å². The zero-order valence-corrected chi connectivity index (χ0v) is 5.99. The van der Waals surface area contributed by atoms with Gasteiger partial charge in [0.25, 0.3) is 0 Å². The molecule has 4 atom stereocenters. The maximum absolute atomic E-state index is 11.3. The number of hydrogen-bond acceptors (Lipinski definition) is 2. The Labute approximate surface area is 60.8 Å². The number of hydroxylamine groups is 2. The second-order valence-corrected chi connectivity index (χ2v) is 4.15. The van der Waals surface area contributed by atoms with Gasteiger partial charge in [0.15, 0.2) is 0 Å². The van der Waals surface area contributed by atoms with E-state index in [9.17, 15) is 5.21 Å². The van der Waals surface area contributed by atoms with Crippen LogP contribution in [0.15, 0.2) is 0 Å².